The van der Waals surface area contributed by atoms with Crippen LogP contribution >= 0.6 is 0 Å². The lowest BCUT2D eigenvalue weighted by Crippen LogP contribution is -2.43. The molecule has 1 N–H and O–H groups in total. The van der Waals surface area contributed by atoms with Crippen molar-refractivity contribution in [3.63, 3.8) is 0 Å². The molecule has 0 spiro atoms. The molecule has 2 aliphatic rings. The topological polar surface area (TPSA) is 32.3 Å². The summed E-state index contributed by atoms with van der Waals surface area (Å²) in [4.78, 5) is 14.7. The first-order valence-corrected chi connectivity index (χ1v) is 7.00. The number of hydrogen-bond acceptors (Lipinski definition) is 2. The van der Waals surface area contributed by atoms with Crippen molar-refractivity contribution in [3.05, 3.63) is 0 Å². The van der Waals surface area contributed by atoms with Crippen molar-refractivity contribution in [2.45, 2.75) is 52.0 Å². The Kier molecular flexibility index (Phi) is 3.76. The smallest absolute Gasteiger partial charge is 0.226 e. The Bertz CT molecular complexity index is 288. The van der Waals surface area contributed by atoms with Crippen LogP contribution in [0, 0.1) is 11.3 Å². The number of hydrogen-bond donors (Lipinski definition) is 1. The summed E-state index contributed by atoms with van der Waals surface area (Å²) in [6, 6.07) is 0.505. The molecule has 17 heavy (non-hydrogen) atoms. The third-order valence-corrected chi connectivity index (χ3v) is 4.71. The van der Waals surface area contributed by atoms with E-state index in [1.165, 1.54) is 19.3 Å². The van der Waals surface area contributed by atoms with E-state index < -0.39 is 0 Å². The quantitative estimate of drug-likeness (QED) is 0.798. The summed E-state index contributed by atoms with van der Waals surface area (Å²) in [5.74, 6) is 0.666. The molecule has 98 valence electrons. The molecule has 0 aromatic rings. The highest BCUT2D eigenvalue weighted by atomic mass is 16.2. The zero-order valence-electron chi connectivity index (χ0n) is 11.5. The van der Waals surface area contributed by atoms with Crippen molar-refractivity contribution in [1.82, 2.24) is 10.2 Å². The molecule has 3 nitrogen and oxygen atoms in total. The van der Waals surface area contributed by atoms with E-state index in [-0.39, 0.29) is 11.3 Å². The van der Waals surface area contributed by atoms with Gasteiger partial charge in [0.05, 0.1) is 0 Å². The number of amides is 1. The molecular weight excluding hydrogens is 212 g/mol. The molecule has 3 heteroatoms. The van der Waals surface area contributed by atoms with Crippen molar-refractivity contribution >= 4 is 5.91 Å². The average molecular weight is 238 g/mol. The summed E-state index contributed by atoms with van der Waals surface area (Å²) in [5, 5.41) is 3.28. The van der Waals surface area contributed by atoms with Gasteiger partial charge in [0.15, 0.2) is 0 Å². The van der Waals surface area contributed by atoms with Crippen molar-refractivity contribution in [2.75, 3.05) is 20.1 Å². The van der Waals surface area contributed by atoms with Crippen LogP contribution in [0.2, 0.25) is 0 Å². The molecule has 0 aromatic heterocycles. The number of likely N-dealkylation sites (N-methyl/N-ethyl adjacent to an activating group) is 1. The van der Waals surface area contributed by atoms with Crippen molar-refractivity contribution in [3.8, 4) is 0 Å². The number of rotatable bonds is 2. The van der Waals surface area contributed by atoms with E-state index in [1.54, 1.807) is 0 Å². The lowest BCUT2D eigenvalue weighted by Gasteiger charge is -2.39. The molecule has 0 aromatic carbocycles. The SMILES string of the molecule is CNC1CCN(C(=O)C2CCCCC2(C)C)C1. The summed E-state index contributed by atoms with van der Waals surface area (Å²) < 4.78 is 0. The van der Waals surface area contributed by atoms with Crippen LogP contribution in [0.25, 0.3) is 0 Å². The summed E-state index contributed by atoms with van der Waals surface area (Å²) in [7, 11) is 1.99. The third kappa shape index (κ3) is 2.65. The zero-order chi connectivity index (χ0) is 12.5. The van der Waals surface area contributed by atoms with Crippen LogP contribution in [0.15, 0.2) is 0 Å². The van der Waals surface area contributed by atoms with E-state index in [2.05, 4.69) is 24.1 Å². The standard InChI is InChI=1S/C14H26N2O/c1-14(2)8-5-4-6-12(14)13(17)16-9-7-11(10-16)15-3/h11-12,15H,4-10H2,1-3H3. The number of carbonyl (C=O) groups excluding carboxylic acids is 1. The van der Waals surface area contributed by atoms with Crippen LogP contribution in [-0.4, -0.2) is 37.0 Å². The van der Waals surface area contributed by atoms with Crippen LogP contribution in [0.1, 0.15) is 46.0 Å². The van der Waals surface area contributed by atoms with Crippen molar-refractivity contribution in [2.24, 2.45) is 11.3 Å². The summed E-state index contributed by atoms with van der Waals surface area (Å²) in [6.45, 7) is 6.37. The molecule has 1 amide bonds. The van der Waals surface area contributed by atoms with Crippen LogP contribution in [0.4, 0.5) is 0 Å². The second-order valence-electron chi connectivity index (χ2n) is 6.35. The normalized spacial score (nSPS) is 32.8. The van der Waals surface area contributed by atoms with Gasteiger partial charge in [-0.1, -0.05) is 26.7 Å². The van der Waals surface area contributed by atoms with E-state index in [0.29, 0.717) is 11.9 Å². The van der Waals surface area contributed by atoms with E-state index in [9.17, 15) is 4.79 Å². The lowest BCUT2D eigenvalue weighted by molar-refractivity contribution is -0.140. The number of nitrogens with one attached hydrogen (secondary N) is 1. The summed E-state index contributed by atoms with van der Waals surface area (Å²) in [6.07, 6.45) is 5.91. The molecule has 1 heterocycles. The Balaban J connectivity index is 1.99. The molecule has 2 rings (SSSR count). The Morgan fingerprint density at radius 3 is 2.65 bits per heavy atom. The molecule has 2 unspecified atom stereocenters. The van der Waals surface area contributed by atoms with Crippen molar-refractivity contribution in [1.29, 1.82) is 0 Å². The minimum absolute atomic E-state index is 0.201. The van der Waals surface area contributed by atoms with E-state index in [1.807, 2.05) is 7.05 Å². The van der Waals surface area contributed by atoms with Gasteiger partial charge < -0.3 is 10.2 Å². The van der Waals surface area contributed by atoms with Crippen LogP contribution < -0.4 is 5.32 Å². The number of nitrogens with zero attached hydrogens (tertiary/aromatic N) is 1. The fourth-order valence-corrected chi connectivity index (χ4v) is 3.37. The zero-order valence-corrected chi connectivity index (χ0v) is 11.5. The van der Waals surface area contributed by atoms with Gasteiger partial charge in [0.25, 0.3) is 0 Å². The maximum Gasteiger partial charge on any atom is 0.226 e. The van der Waals surface area contributed by atoms with Gasteiger partial charge in [0, 0.05) is 25.0 Å². The molecule has 0 radical (unpaired) electrons. The van der Waals surface area contributed by atoms with Crippen LogP contribution in [-0.2, 0) is 4.79 Å². The molecule has 1 aliphatic carbocycles. The highest BCUT2D eigenvalue weighted by Gasteiger charge is 2.40. The van der Waals surface area contributed by atoms with Crippen molar-refractivity contribution < 1.29 is 4.79 Å². The van der Waals surface area contributed by atoms with Gasteiger partial charge in [-0.25, -0.2) is 0 Å². The minimum atomic E-state index is 0.201. The van der Waals surface area contributed by atoms with E-state index in [0.717, 1.165) is 25.9 Å². The largest absolute Gasteiger partial charge is 0.341 e. The summed E-state index contributed by atoms with van der Waals surface area (Å²) in [5.41, 5.74) is 0.201. The van der Waals surface area contributed by atoms with Gasteiger partial charge in [-0.3, -0.25) is 4.79 Å². The maximum absolute atomic E-state index is 12.6. The molecule has 1 aliphatic heterocycles. The second kappa shape index (κ2) is 4.97. The molecular formula is C14H26N2O. The first kappa shape index (κ1) is 12.9. The van der Waals surface area contributed by atoms with Crippen LogP contribution in [0.3, 0.4) is 0 Å². The Hall–Kier alpha value is -0.570. The maximum atomic E-state index is 12.6. The first-order valence-electron chi connectivity index (χ1n) is 7.00. The fraction of sp³-hybridized carbons (Fsp3) is 0.929. The molecule has 2 fully saturated rings. The van der Waals surface area contributed by atoms with Gasteiger partial charge in [-0.05, 0) is 31.7 Å². The highest BCUT2D eigenvalue weighted by molar-refractivity contribution is 5.80. The predicted octanol–water partition coefficient (Wildman–Crippen LogP) is 2.02. The van der Waals surface area contributed by atoms with Gasteiger partial charge >= 0.3 is 0 Å². The Labute approximate surface area is 105 Å². The average Bonchev–Trinajstić information content (AvgIpc) is 2.76. The van der Waals surface area contributed by atoms with Gasteiger partial charge in [0.1, 0.15) is 0 Å². The number of likely N-dealkylation sites (tertiary alicyclic amines) is 1. The molecule has 1 saturated carbocycles. The van der Waals surface area contributed by atoms with E-state index >= 15 is 0 Å². The van der Waals surface area contributed by atoms with Gasteiger partial charge in [-0.15, -0.1) is 0 Å². The fourth-order valence-electron chi connectivity index (χ4n) is 3.37. The third-order valence-electron chi connectivity index (χ3n) is 4.71. The lowest BCUT2D eigenvalue weighted by atomic mass is 9.68. The molecule has 0 bridgehead atoms. The van der Waals surface area contributed by atoms with Crippen LogP contribution in [0.5, 0.6) is 0 Å². The second-order valence-corrected chi connectivity index (χ2v) is 6.35. The molecule has 1 saturated heterocycles. The minimum Gasteiger partial charge on any atom is -0.341 e. The van der Waals surface area contributed by atoms with Gasteiger partial charge in [-0.2, -0.15) is 0 Å². The monoisotopic (exact) mass is 238 g/mol. The highest BCUT2D eigenvalue weighted by Crippen LogP contribution is 2.41. The Morgan fingerprint density at radius 2 is 2.06 bits per heavy atom. The first-order chi connectivity index (χ1) is 8.04. The summed E-state index contributed by atoms with van der Waals surface area (Å²) >= 11 is 0. The number of carbonyl (C=O) groups is 1. The van der Waals surface area contributed by atoms with E-state index in [4.69, 9.17) is 0 Å². The molecule has 2 atom stereocenters. The predicted molar refractivity (Wildman–Crippen MR) is 69.8 cm³/mol. The Morgan fingerprint density at radius 1 is 1.29 bits per heavy atom. The van der Waals surface area contributed by atoms with Gasteiger partial charge in [0.2, 0.25) is 5.91 Å².